The summed E-state index contributed by atoms with van der Waals surface area (Å²) >= 11 is 0. The summed E-state index contributed by atoms with van der Waals surface area (Å²) in [5.74, 6) is -1.13. The molecule has 0 unspecified atom stereocenters. The second kappa shape index (κ2) is 10.3. The Labute approximate surface area is 174 Å². The number of aryl methyl sites for hydroxylation is 1. The average molecular weight is 408 g/mol. The zero-order valence-electron chi connectivity index (χ0n) is 16.7. The van der Waals surface area contributed by atoms with Crippen molar-refractivity contribution in [3.05, 3.63) is 59.8 Å². The summed E-state index contributed by atoms with van der Waals surface area (Å²) < 4.78 is 5.54. The van der Waals surface area contributed by atoms with Gasteiger partial charge in [0.1, 0.15) is 11.4 Å². The maximum Gasteiger partial charge on any atom is 0.274 e. The van der Waals surface area contributed by atoms with Crippen molar-refractivity contribution in [2.45, 2.75) is 12.8 Å². The van der Waals surface area contributed by atoms with Crippen LogP contribution in [0.1, 0.15) is 22.6 Å². The summed E-state index contributed by atoms with van der Waals surface area (Å²) in [6.07, 6.45) is 4.63. The first-order chi connectivity index (χ1) is 14.6. The number of amides is 2. The van der Waals surface area contributed by atoms with E-state index < -0.39 is 11.8 Å². The molecule has 0 radical (unpaired) electrons. The molecule has 1 aliphatic rings. The fourth-order valence-corrected chi connectivity index (χ4v) is 2.90. The first-order valence-electron chi connectivity index (χ1n) is 9.64. The van der Waals surface area contributed by atoms with Gasteiger partial charge in [0.2, 0.25) is 0 Å². The van der Waals surface area contributed by atoms with Gasteiger partial charge in [-0.1, -0.05) is 6.07 Å². The Balaban J connectivity index is 1.93. The number of hydrogen-bond acceptors (Lipinski definition) is 7. The van der Waals surface area contributed by atoms with E-state index in [0.29, 0.717) is 18.9 Å². The minimum Gasteiger partial charge on any atom is -0.392 e. The van der Waals surface area contributed by atoms with E-state index in [1.165, 1.54) is 6.20 Å². The van der Waals surface area contributed by atoms with Gasteiger partial charge in [-0.3, -0.25) is 20.0 Å². The molecule has 4 N–H and O–H groups in total. The first kappa shape index (κ1) is 21.1. The minimum absolute atomic E-state index is 0.0421. The highest BCUT2D eigenvalue weighted by Crippen LogP contribution is 2.18. The topological polar surface area (TPSA) is 129 Å². The van der Waals surface area contributed by atoms with Crippen molar-refractivity contribution in [2.24, 2.45) is 0 Å². The Bertz CT molecular complexity index is 973. The lowest BCUT2D eigenvalue weighted by atomic mass is 10.1. The van der Waals surface area contributed by atoms with E-state index in [1.54, 1.807) is 25.4 Å². The summed E-state index contributed by atoms with van der Waals surface area (Å²) in [5.41, 5.74) is 2.25. The van der Waals surface area contributed by atoms with Crippen molar-refractivity contribution in [1.82, 2.24) is 25.9 Å². The molecule has 0 atom stereocenters. The van der Waals surface area contributed by atoms with Crippen molar-refractivity contribution >= 4 is 17.5 Å². The summed E-state index contributed by atoms with van der Waals surface area (Å²) in [6, 6.07) is 8.93. The third kappa shape index (κ3) is 5.48. The molecule has 4 bridgehead atoms. The van der Waals surface area contributed by atoms with Crippen molar-refractivity contribution in [3.63, 3.8) is 0 Å². The van der Waals surface area contributed by atoms with Gasteiger partial charge >= 0.3 is 0 Å². The van der Waals surface area contributed by atoms with Gasteiger partial charge in [0.25, 0.3) is 11.8 Å². The summed E-state index contributed by atoms with van der Waals surface area (Å²) in [6.45, 7) is 1.13. The fraction of sp³-hybridized carbons (Fsp3) is 0.286. The number of nitrogens with zero attached hydrogens (tertiary/aromatic N) is 2. The molecule has 3 heterocycles. The van der Waals surface area contributed by atoms with Crippen molar-refractivity contribution in [3.8, 4) is 11.3 Å². The zero-order chi connectivity index (χ0) is 21.3. The SMILES string of the molecule is CN/C=C1/NC(=O)c2cccc(n2)-c2ccnc(c2)CCCOCCNC(=O)C1=N. The Kier molecular flexibility index (Phi) is 7.23. The molecule has 3 rings (SSSR count). The second-order valence-electron chi connectivity index (χ2n) is 6.59. The van der Waals surface area contributed by atoms with Crippen LogP contribution in [0.4, 0.5) is 0 Å². The van der Waals surface area contributed by atoms with Gasteiger partial charge in [-0.2, -0.15) is 0 Å². The fourth-order valence-electron chi connectivity index (χ4n) is 2.90. The number of hydrogen-bond donors (Lipinski definition) is 4. The molecule has 0 saturated heterocycles. The summed E-state index contributed by atoms with van der Waals surface area (Å²) in [4.78, 5) is 33.8. The third-order valence-electron chi connectivity index (χ3n) is 4.38. The van der Waals surface area contributed by atoms with Crippen molar-refractivity contribution in [2.75, 3.05) is 26.8 Å². The van der Waals surface area contributed by atoms with E-state index >= 15 is 0 Å². The van der Waals surface area contributed by atoms with Crippen LogP contribution in [-0.2, 0) is 16.0 Å². The van der Waals surface area contributed by atoms with Gasteiger partial charge in [0.05, 0.1) is 18.0 Å². The lowest BCUT2D eigenvalue weighted by molar-refractivity contribution is -0.115. The van der Waals surface area contributed by atoms with Crippen LogP contribution in [0.25, 0.3) is 11.3 Å². The first-order valence-corrected chi connectivity index (χ1v) is 9.64. The predicted molar refractivity (Wildman–Crippen MR) is 112 cm³/mol. The molecular weight excluding hydrogens is 384 g/mol. The van der Waals surface area contributed by atoms with Crippen molar-refractivity contribution in [1.29, 1.82) is 5.41 Å². The number of nitrogens with one attached hydrogen (secondary N) is 4. The molecule has 30 heavy (non-hydrogen) atoms. The number of carbonyl (C=O) groups is 2. The van der Waals surface area contributed by atoms with E-state index in [9.17, 15) is 9.59 Å². The number of fused-ring (bicyclic) bond motifs is 5. The van der Waals surface area contributed by atoms with Crippen LogP contribution in [0.15, 0.2) is 48.4 Å². The van der Waals surface area contributed by atoms with E-state index in [1.807, 2.05) is 18.2 Å². The van der Waals surface area contributed by atoms with Crippen LogP contribution in [-0.4, -0.2) is 54.3 Å². The van der Waals surface area contributed by atoms with E-state index in [2.05, 4.69) is 25.9 Å². The molecule has 2 amide bonds. The van der Waals surface area contributed by atoms with Gasteiger partial charge in [-0.15, -0.1) is 0 Å². The standard InChI is InChI=1S/C21H24N6O3/c1-23-13-18-19(22)21(29)25-9-11-30-10-3-4-15-12-14(7-8-24-15)16-5-2-6-17(26-16)20(28)27-18/h2,5-8,12-13,22-23H,3-4,9-11H2,1H3,(H,25,29)(H,27,28)/b18-13+,22-19?. The number of ether oxygens (including phenoxy) is 1. The molecule has 1 aliphatic heterocycles. The Morgan fingerprint density at radius 3 is 2.83 bits per heavy atom. The van der Waals surface area contributed by atoms with Gasteiger partial charge in [-0.05, 0) is 37.1 Å². The molecular formula is C21H24N6O3. The molecule has 0 aliphatic carbocycles. The number of carbonyl (C=O) groups excluding carboxylic acids is 2. The van der Waals surface area contributed by atoms with E-state index in [-0.39, 0.29) is 23.6 Å². The van der Waals surface area contributed by atoms with Gasteiger partial charge < -0.3 is 20.7 Å². The van der Waals surface area contributed by atoms with Gasteiger partial charge in [0, 0.05) is 43.9 Å². The quantitative estimate of drug-likeness (QED) is 0.558. The van der Waals surface area contributed by atoms with Crippen LogP contribution < -0.4 is 16.0 Å². The number of aromatic nitrogens is 2. The maximum atomic E-state index is 12.7. The molecule has 156 valence electrons. The van der Waals surface area contributed by atoms with E-state index in [4.69, 9.17) is 10.1 Å². The van der Waals surface area contributed by atoms with E-state index in [0.717, 1.165) is 24.1 Å². The number of rotatable bonds is 1. The monoisotopic (exact) mass is 408 g/mol. The highest BCUT2D eigenvalue weighted by molar-refractivity contribution is 6.44. The maximum absolute atomic E-state index is 12.7. The molecule has 2 aromatic heterocycles. The lowest BCUT2D eigenvalue weighted by Crippen LogP contribution is -2.39. The van der Waals surface area contributed by atoms with Crippen LogP contribution in [0.5, 0.6) is 0 Å². The second-order valence-corrected chi connectivity index (χ2v) is 6.59. The van der Waals surface area contributed by atoms with Crippen LogP contribution >= 0.6 is 0 Å². The lowest BCUT2D eigenvalue weighted by Gasteiger charge is -2.13. The predicted octanol–water partition coefficient (Wildman–Crippen LogP) is 1.03. The smallest absolute Gasteiger partial charge is 0.274 e. The molecule has 0 aromatic carbocycles. The van der Waals surface area contributed by atoms with Crippen LogP contribution in [0.2, 0.25) is 0 Å². The molecule has 9 nitrogen and oxygen atoms in total. The Morgan fingerprint density at radius 2 is 2.00 bits per heavy atom. The molecule has 9 heteroatoms. The third-order valence-corrected chi connectivity index (χ3v) is 4.38. The summed E-state index contributed by atoms with van der Waals surface area (Å²) in [5, 5.41) is 16.0. The average Bonchev–Trinajstić information content (AvgIpc) is 2.77. The highest BCUT2D eigenvalue weighted by Gasteiger charge is 2.18. The molecule has 2 aromatic rings. The zero-order valence-corrected chi connectivity index (χ0v) is 16.7. The normalized spacial score (nSPS) is 17.5. The van der Waals surface area contributed by atoms with Gasteiger partial charge in [0.15, 0.2) is 0 Å². The minimum atomic E-state index is -0.609. The Morgan fingerprint density at radius 1 is 1.17 bits per heavy atom. The molecule has 0 spiro atoms. The van der Waals surface area contributed by atoms with Crippen LogP contribution in [0, 0.1) is 5.41 Å². The van der Waals surface area contributed by atoms with Crippen molar-refractivity contribution < 1.29 is 14.3 Å². The number of pyridine rings is 2. The van der Waals surface area contributed by atoms with Crippen LogP contribution in [0.3, 0.4) is 0 Å². The molecule has 0 fully saturated rings. The molecule has 0 saturated carbocycles. The highest BCUT2D eigenvalue weighted by atomic mass is 16.5. The summed E-state index contributed by atoms with van der Waals surface area (Å²) in [7, 11) is 1.61. The van der Waals surface area contributed by atoms with Gasteiger partial charge in [-0.25, -0.2) is 4.98 Å². The Hall–Kier alpha value is -3.59. The largest absolute Gasteiger partial charge is 0.392 e.